The summed E-state index contributed by atoms with van der Waals surface area (Å²) in [6.07, 6.45) is 0. The van der Waals surface area contributed by atoms with E-state index in [0.717, 1.165) is 12.1 Å². The number of hydrogen-bond donors (Lipinski definition) is 2. The molecule has 0 saturated carbocycles. The van der Waals surface area contributed by atoms with Gasteiger partial charge in [0, 0.05) is 16.8 Å². The summed E-state index contributed by atoms with van der Waals surface area (Å²) < 4.78 is 35.8. The van der Waals surface area contributed by atoms with Crippen molar-refractivity contribution in [2.75, 3.05) is 29.9 Å². The monoisotopic (exact) mass is 363 g/mol. The zero-order valence-corrected chi connectivity index (χ0v) is 14.5. The predicted octanol–water partition coefficient (Wildman–Crippen LogP) is 0.891. The summed E-state index contributed by atoms with van der Waals surface area (Å²) in [5, 5.41) is 2.77. The van der Waals surface area contributed by atoms with Gasteiger partial charge in [-0.15, -0.1) is 0 Å². The molecule has 5 nitrogen and oxygen atoms in total. The smallest absolute Gasteiger partial charge is 0.255 e. The topological polar surface area (TPSA) is 67.7 Å². The first-order valence-electron chi connectivity index (χ1n) is 8.11. The summed E-state index contributed by atoms with van der Waals surface area (Å²) in [5.74, 6) is -0.184. The third kappa shape index (κ3) is 4.87. The van der Waals surface area contributed by atoms with Crippen molar-refractivity contribution in [3.63, 3.8) is 0 Å². The summed E-state index contributed by atoms with van der Waals surface area (Å²) in [4.78, 5) is 13.3. The number of nitrogens with one attached hydrogen (secondary N) is 2. The summed E-state index contributed by atoms with van der Waals surface area (Å²) in [6.45, 7) is 2.03. The van der Waals surface area contributed by atoms with Crippen LogP contribution in [0.2, 0.25) is 0 Å². The molecule has 0 radical (unpaired) electrons. The number of quaternary nitrogens is 1. The summed E-state index contributed by atoms with van der Waals surface area (Å²) >= 11 is 0. The summed E-state index contributed by atoms with van der Waals surface area (Å²) in [5.41, 5.74) is 2.15. The van der Waals surface area contributed by atoms with Crippen molar-refractivity contribution in [1.82, 2.24) is 0 Å². The number of amides is 1. The SMILES string of the molecule is O=C(Nc1ccc(C[NH+]2CCS(=O)(=O)CC2)cc1)c1ccc(F)cc1. The molecule has 132 valence electrons. The molecule has 2 aromatic rings. The molecule has 0 unspecified atom stereocenters. The molecule has 2 aromatic carbocycles. The second kappa shape index (κ2) is 7.33. The molecule has 2 N–H and O–H groups in total. The molecule has 25 heavy (non-hydrogen) atoms. The molecule has 7 heteroatoms. The molecule has 0 bridgehead atoms. The fourth-order valence-corrected chi connectivity index (χ4v) is 4.21. The highest BCUT2D eigenvalue weighted by molar-refractivity contribution is 7.91. The number of benzene rings is 2. The standard InChI is InChI=1S/C18H19FN2O3S/c19-16-5-3-15(4-6-16)18(22)20-17-7-1-14(2-8-17)13-21-9-11-25(23,24)12-10-21/h1-8H,9-13H2,(H,20,22)/p+1. The van der Waals surface area contributed by atoms with Crippen molar-refractivity contribution < 1.29 is 22.5 Å². The van der Waals surface area contributed by atoms with Gasteiger partial charge in [-0.2, -0.15) is 0 Å². The van der Waals surface area contributed by atoms with Crippen LogP contribution in [0.25, 0.3) is 0 Å². The van der Waals surface area contributed by atoms with Crippen LogP contribution < -0.4 is 10.2 Å². The Kier molecular flexibility index (Phi) is 5.15. The first kappa shape index (κ1) is 17.6. The quantitative estimate of drug-likeness (QED) is 0.848. The van der Waals surface area contributed by atoms with Crippen LogP contribution in [-0.2, 0) is 16.4 Å². The van der Waals surface area contributed by atoms with Gasteiger partial charge in [0.15, 0.2) is 9.84 Å². The van der Waals surface area contributed by atoms with Crippen molar-refractivity contribution >= 4 is 21.4 Å². The van der Waals surface area contributed by atoms with Gasteiger partial charge in [-0.3, -0.25) is 4.79 Å². The summed E-state index contributed by atoms with van der Waals surface area (Å²) in [6, 6.07) is 12.9. The molecule has 3 rings (SSSR count). The van der Waals surface area contributed by atoms with Crippen LogP contribution in [0.1, 0.15) is 15.9 Å². The minimum atomic E-state index is -2.85. The van der Waals surface area contributed by atoms with E-state index in [9.17, 15) is 17.6 Å². The fourth-order valence-electron chi connectivity index (χ4n) is 2.80. The number of sulfone groups is 1. The second-order valence-corrected chi connectivity index (χ2v) is 8.54. The average Bonchev–Trinajstić information content (AvgIpc) is 2.59. The second-order valence-electron chi connectivity index (χ2n) is 6.24. The van der Waals surface area contributed by atoms with Crippen LogP contribution in [0.5, 0.6) is 0 Å². The fraction of sp³-hybridized carbons (Fsp3) is 0.278. The molecule has 1 heterocycles. The molecule has 0 atom stereocenters. The van der Waals surface area contributed by atoms with Crippen molar-refractivity contribution in [3.05, 3.63) is 65.5 Å². The zero-order valence-electron chi connectivity index (χ0n) is 13.7. The highest BCUT2D eigenvalue weighted by atomic mass is 32.2. The maximum Gasteiger partial charge on any atom is 0.255 e. The first-order chi connectivity index (χ1) is 11.9. The van der Waals surface area contributed by atoms with E-state index in [4.69, 9.17) is 0 Å². The van der Waals surface area contributed by atoms with E-state index in [0.29, 0.717) is 24.3 Å². The third-order valence-electron chi connectivity index (χ3n) is 4.31. The van der Waals surface area contributed by atoms with Gasteiger partial charge in [0.05, 0.1) is 24.6 Å². The van der Waals surface area contributed by atoms with Gasteiger partial charge in [-0.1, -0.05) is 12.1 Å². The Balaban J connectivity index is 1.57. The van der Waals surface area contributed by atoms with Gasteiger partial charge in [-0.25, -0.2) is 12.8 Å². The molecule has 0 aromatic heterocycles. The van der Waals surface area contributed by atoms with Gasteiger partial charge >= 0.3 is 0 Å². The first-order valence-corrected chi connectivity index (χ1v) is 9.93. The molecular weight excluding hydrogens is 343 g/mol. The van der Waals surface area contributed by atoms with Gasteiger partial charge in [0.25, 0.3) is 5.91 Å². The van der Waals surface area contributed by atoms with E-state index >= 15 is 0 Å². The lowest BCUT2D eigenvalue weighted by Gasteiger charge is -2.23. The van der Waals surface area contributed by atoms with Gasteiger partial charge in [0.2, 0.25) is 0 Å². The minimum Gasteiger partial charge on any atom is -0.329 e. The van der Waals surface area contributed by atoms with Crippen LogP contribution in [0.4, 0.5) is 10.1 Å². The number of carbonyl (C=O) groups excluding carboxylic acids is 1. The van der Waals surface area contributed by atoms with E-state index in [1.807, 2.05) is 24.3 Å². The Labute approximate surface area is 146 Å². The van der Waals surface area contributed by atoms with Crippen molar-refractivity contribution in [2.45, 2.75) is 6.54 Å². The Morgan fingerprint density at radius 3 is 2.20 bits per heavy atom. The highest BCUT2D eigenvalue weighted by Gasteiger charge is 2.24. The van der Waals surface area contributed by atoms with E-state index < -0.39 is 9.84 Å². The largest absolute Gasteiger partial charge is 0.329 e. The Hall–Kier alpha value is -2.25. The number of hydrogen-bond acceptors (Lipinski definition) is 3. The Morgan fingerprint density at radius 1 is 1.00 bits per heavy atom. The van der Waals surface area contributed by atoms with Crippen LogP contribution >= 0.6 is 0 Å². The molecule has 1 aliphatic rings. The molecule has 0 spiro atoms. The lowest BCUT2D eigenvalue weighted by atomic mass is 10.1. The number of carbonyl (C=O) groups is 1. The normalized spacial score (nSPS) is 17.2. The average molecular weight is 363 g/mol. The molecule has 1 fully saturated rings. The van der Waals surface area contributed by atoms with Crippen molar-refractivity contribution in [2.24, 2.45) is 0 Å². The molecular formula is C18H20FN2O3S+. The van der Waals surface area contributed by atoms with Crippen LogP contribution in [0.15, 0.2) is 48.5 Å². The maximum absolute atomic E-state index is 12.9. The van der Waals surface area contributed by atoms with E-state index in [2.05, 4.69) is 5.32 Å². The third-order valence-corrected chi connectivity index (χ3v) is 5.96. The lowest BCUT2D eigenvalue weighted by Crippen LogP contribution is -3.13. The van der Waals surface area contributed by atoms with E-state index in [1.54, 1.807) is 0 Å². The lowest BCUT2D eigenvalue weighted by molar-refractivity contribution is -0.910. The zero-order chi connectivity index (χ0) is 17.9. The highest BCUT2D eigenvalue weighted by Crippen LogP contribution is 2.12. The number of halogens is 1. The van der Waals surface area contributed by atoms with Crippen LogP contribution in [0.3, 0.4) is 0 Å². The maximum atomic E-state index is 12.9. The van der Waals surface area contributed by atoms with Gasteiger partial charge in [0.1, 0.15) is 12.4 Å². The molecule has 1 amide bonds. The van der Waals surface area contributed by atoms with Gasteiger partial charge < -0.3 is 10.2 Å². The molecule has 1 aliphatic heterocycles. The number of anilines is 1. The van der Waals surface area contributed by atoms with Crippen LogP contribution in [0, 0.1) is 5.82 Å². The summed E-state index contributed by atoms with van der Waals surface area (Å²) in [7, 11) is -2.85. The van der Waals surface area contributed by atoms with Crippen molar-refractivity contribution in [3.8, 4) is 0 Å². The van der Waals surface area contributed by atoms with E-state index in [-0.39, 0.29) is 23.2 Å². The van der Waals surface area contributed by atoms with Crippen molar-refractivity contribution in [1.29, 1.82) is 0 Å². The predicted molar refractivity (Wildman–Crippen MR) is 93.8 cm³/mol. The number of rotatable bonds is 4. The van der Waals surface area contributed by atoms with Crippen LogP contribution in [-0.4, -0.2) is 38.9 Å². The molecule has 1 saturated heterocycles. The minimum absolute atomic E-state index is 0.244. The van der Waals surface area contributed by atoms with E-state index in [1.165, 1.54) is 29.2 Å². The Bertz CT molecular complexity index is 835. The Morgan fingerprint density at radius 2 is 1.60 bits per heavy atom. The van der Waals surface area contributed by atoms with Gasteiger partial charge in [-0.05, 0) is 36.4 Å². The molecule has 0 aliphatic carbocycles.